The molecule has 0 amide bonds. The summed E-state index contributed by atoms with van der Waals surface area (Å²) in [5.41, 5.74) is 2.25. The molecule has 1 aromatic carbocycles. The first kappa shape index (κ1) is 14.4. The number of rotatable bonds is 6. The third-order valence-corrected chi connectivity index (χ3v) is 3.49. The molecule has 0 bridgehead atoms. The number of ether oxygens (including phenoxy) is 2. The molecule has 20 heavy (non-hydrogen) atoms. The molecule has 0 aliphatic heterocycles. The number of hydrogen-bond acceptors (Lipinski definition) is 3. The van der Waals surface area contributed by atoms with E-state index in [1.807, 2.05) is 24.4 Å². The zero-order valence-corrected chi connectivity index (χ0v) is 12.2. The minimum absolute atomic E-state index is 0.0575. The highest BCUT2D eigenvalue weighted by Gasteiger charge is 2.14. The first-order chi connectivity index (χ1) is 9.67. The first-order valence-electron chi connectivity index (χ1n) is 7.05. The molecule has 0 radical (unpaired) electrons. The molecule has 1 unspecified atom stereocenters. The lowest BCUT2D eigenvalue weighted by atomic mass is 9.98. The summed E-state index contributed by atoms with van der Waals surface area (Å²) in [6, 6.07) is 5.82. The van der Waals surface area contributed by atoms with Crippen LogP contribution in [-0.2, 0) is 9.53 Å². The maximum atomic E-state index is 11.4. The van der Waals surface area contributed by atoms with Crippen LogP contribution in [0.4, 0.5) is 0 Å². The number of fused-ring (bicyclic) bond motifs is 1. The van der Waals surface area contributed by atoms with Crippen molar-refractivity contribution in [1.82, 2.24) is 4.98 Å². The summed E-state index contributed by atoms with van der Waals surface area (Å²) in [5, 5.41) is 1.06. The summed E-state index contributed by atoms with van der Waals surface area (Å²) in [6.07, 6.45) is 3.08. The van der Waals surface area contributed by atoms with Crippen LogP contribution in [0.2, 0.25) is 0 Å². The van der Waals surface area contributed by atoms with Crippen LogP contribution in [0, 0.1) is 0 Å². The molecule has 0 fully saturated rings. The number of H-pyrrole nitrogens is 1. The molecule has 108 valence electrons. The van der Waals surface area contributed by atoms with E-state index in [0.717, 1.165) is 23.1 Å². The van der Waals surface area contributed by atoms with Crippen molar-refractivity contribution >= 4 is 16.9 Å². The van der Waals surface area contributed by atoms with Crippen LogP contribution in [0.5, 0.6) is 5.75 Å². The Morgan fingerprint density at radius 2 is 2.15 bits per heavy atom. The van der Waals surface area contributed by atoms with E-state index in [-0.39, 0.29) is 12.6 Å². The van der Waals surface area contributed by atoms with Gasteiger partial charge in [0.25, 0.3) is 0 Å². The Balaban J connectivity index is 2.28. The average molecular weight is 275 g/mol. The van der Waals surface area contributed by atoms with Crippen molar-refractivity contribution in [3.8, 4) is 5.75 Å². The molecular weight excluding hydrogens is 254 g/mol. The molecule has 2 aromatic rings. The van der Waals surface area contributed by atoms with Gasteiger partial charge in [-0.15, -0.1) is 0 Å². The van der Waals surface area contributed by atoms with E-state index in [2.05, 4.69) is 18.8 Å². The van der Waals surface area contributed by atoms with E-state index in [1.165, 1.54) is 5.56 Å². The maximum Gasteiger partial charge on any atom is 0.344 e. The Hall–Kier alpha value is -1.97. The van der Waals surface area contributed by atoms with Crippen LogP contribution in [0.3, 0.4) is 0 Å². The fraction of sp³-hybridized carbons (Fsp3) is 0.438. The zero-order valence-electron chi connectivity index (χ0n) is 12.2. The highest BCUT2D eigenvalue weighted by atomic mass is 16.6. The second-order valence-electron chi connectivity index (χ2n) is 4.83. The number of benzene rings is 1. The Labute approximate surface area is 119 Å². The molecule has 2 rings (SSSR count). The number of nitrogens with one attached hydrogen (secondary N) is 1. The summed E-state index contributed by atoms with van der Waals surface area (Å²) in [5.74, 6) is 0.827. The van der Waals surface area contributed by atoms with Gasteiger partial charge in [-0.25, -0.2) is 4.79 Å². The van der Waals surface area contributed by atoms with E-state index in [1.54, 1.807) is 6.92 Å². The van der Waals surface area contributed by atoms with Gasteiger partial charge in [-0.1, -0.05) is 19.9 Å². The topological polar surface area (TPSA) is 51.3 Å². The van der Waals surface area contributed by atoms with Gasteiger partial charge in [0.15, 0.2) is 6.61 Å². The fourth-order valence-corrected chi connectivity index (χ4v) is 2.25. The monoisotopic (exact) mass is 275 g/mol. The van der Waals surface area contributed by atoms with Crippen molar-refractivity contribution in [3.63, 3.8) is 0 Å². The van der Waals surface area contributed by atoms with E-state index in [9.17, 15) is 4.79 Å². The minimum Gasteiger partial charge on any atom is -0.481 e. The van der Waals surface area contributed by atoms with Crippen molar-refractivity contribution in [2.75, 3.05) is 13.2 Å². The van der Waals surface area contributed by atoms with E-state index in [0.29, 0.717) is 12.5 Å². The van der Waals surface area contributed by atoms with Gasteiger partial charge in [-0.2, -0.15) is 0 Å². The van der Waals surface area contributed by atoms with Gasteiger partial charge in [0.2, 0.25) is 0 Å². The van der Waals surface area contributed by atoms with Crippen LogP contribution in [0.25, 0.3) is 10.9 Å². The Morgan fingerprint density at radius 1 is 1.35 bits per heavy atom. The molecule has 1 aromatic heterocycles. The predicted octanol–water partition coefficient (Wildman–Crippen LogP) is 3.62. The summed E-state index contributed by atoms with van der Waals surface area (Å²) >= 11 is 0. The number of esters is 1. The molecular formula is C16H21NO3. The Morgan fingerprint density at radius 3 is 2.85 bits per heavy atom. The number of carbonyl (C=O) groups is 1. The quantitative estimate of drug-likeness (QED) is 0.819. The van der Waals surface area contributed by atoms with Gasteiger partial charge in [0.05, 0.1) is 6.61 Å². The number of carbonyl (C=O) groups excluding carboxylic acids is 1. The number of aromatic amines is 1. The van der Waals surface area contributed by atoms with Crippen LogP contribution >= 0.6 is 0 Å². The van der Waals surface area contributed by atoms with E-state index < -0.39 is 0 Å². The normalized spacial score (nSPS) is 12.3. The van der Waals surface area contributed by atoms with Crippen molar-refractivity contribution in [2.24, 2.45) is 0 Å². The average Bonchev–Trinajstić information content (AvgIpc) is 2.89. The predicted molar refractivity (Wildman–Crippen MR) is 79.1 cm³/mol. The van der Waals surface area contributed by atoms with Gasteiger partial charge in [-0.3, -0.25) is 0 Å². The van der Waals surface area contributed by atoms with Crippen molar-refractivity contribution < 1.29 is 14.3 Å². The Kier molecular flexibility index (Phi) is 4.66. The van der Waals surface area contributed by atoms with Crippen LogP contribution < -0.4 is 4.74 Å². The minimum atomic E-state index is -0.342. The molecule has 4 nitrogen and oxygen atoms in total. The third-order valence-electron chi connectivity index (χ3n) is 3.49. The largest absolute Gasteiger partial charge is 0.481 e. The highest BCUT2D eigenvalue weighted by molar-refractivity contribution is 5.90. The summed E-state index contributed by atoms with van der Waals surface area (Å²) in [7, 11) is 0. The summed E-state index contributed by atoms with van der Waals surface area (Å²) < 4.78 is 10.5. The third kappa shape index (κ3) is 2.95. The fourth-order valence-electron chi connectivity index (χ4n) is 2.25. The van der Waals surface area contributed by atoms with Gasteiger partial charge < -0.3 is 14.5 Å². The second kappa shape index (κ2) is 6.46. The smallest absolute Gasteiger partial charge is 0.344 e. The molecule has 0 saturated carbocycles. The molecule has 1 N–H and O–H groups in total. The van der Waals surface area contributed by atoms with Crippen LogP contribution in [0.15, 0.2) is 24.4 Å². The number of hydrogen-bond donors (Lipinski definition) is 1. The van der Waals surface area contributed by atoms with Crippen molar-refractivity contribution in [2.45, 2.75) is 33.1 Å². The maximum absolute atomic E-state index is 11.4. The van der Waals surface area contributed by atoms with Gasteiger partial charge in [0, 0.05) is 17.1 Å². The Bertz CT molecular complexity index is 588. The number of aromatic nitrogens is 1. The molecule has 1 atom stereocenters. The van der Waals surface area contributed by atoms with Gasteiger partial charge >= 0.3 is 5.97 Å². The molecule has 0 spiro atoms. The van der Waals surface area contributed by atoms with Crippen LogP contribution in [0.1, 0.15) is 38.7 Å². The van der Waals surface area contributed by atoms with E-state index >= 15 is 0 Å². The molecule has 0 aliphatic carbocycles. The lowest BCUT2D eigenvalue weighted by Crippen LogP contribution is -2.14. The molecule has 4 heteroatoms. The zero-order chi connectivity index (χ0) is 14.5. The highest BCUT2D eigenvalue weighted by Crippen LogP contribution is 2.34. The first-order valence-corrected chi connectivity index (χ1v) is 7.05. The molecule has 0 aliphatic rings. The van der Waals surface area contributed by atoms with Crippen LogP contribution in [-0.4, -0.2) is 24.2 Å². The summed E-state index contributed by atoms with van der Waals surface area (Å²) in [6.45, 7) is 6.44. The summed E-state index contributed by atoms with van der Waals surface area (Å²) in [4.78, 5) is 14.7. The SMILES string of the molecule is CCOC(=O)COc1cccc2[nH]cc(C(C)CC)c12. The van der Waals surface area contributed by atoms with Gasteiger partial charge in [0.1, 0.15) is 5.75 Å². The standard InChI is InChI=1S/C16H21NO3/c1-4-11(3)12-9-17-13-7-6-8-14(16(12)13)20-10-15(18)19-5-2/h6-9,11,17H,4-5,10H2,1-3H3. The molecule has 0 saturated heterocycles. The van der Waals surface area contributed by atoms with Crippen molar-refractivity contribution in [3.05, 3.63) is 30.0 Å². The molecule has 1 heterocycles. The lowest BCUT2D eigenvalue weighted by Gasteiger charge is -2.11. The van der Waals surface area contributed by atoms with E-state index in [4.69, 9.17) is 9.47 Å². The lowest BCUT2D eigenvalue weighted by molar-refractivity contribution is -0.145. The van der Waals surface area contributed by atoms with Crippen molar-refractivity contribution in [1.29, 1.82) is 0 Å². The second-order valence-corrected chi connectivity index (χ2v) is 4.83. The van der Waals surface area contributed by atoms with Gasteiger partial charge in [-0.05, 0) is 37.0 Å².